The lowest BCUT2D eigenvalue weighted by atomic mass is 9.99. The van der Waals surface area contributed by atoms with E-state index in [9.17, 15) is 9.59 Å². The minimum absolute atomic E-state index is 0.116. The van der Waals surface area contributed by atoms with Crippen LogP contribution < -0.4 is 20.3 Å². The highest BCUT2D eigenvalue weighted by Gasteiger charge is 2.29. The van der Waals surface area contributed by atoms with Crippen molar-refractivity contribution in [1.82, 2.24) is 5.48 Å². The van der Waals surface area contributed by atoms with Crippen molar-refractivity contribution in [3.63, 3.8) is 0 Å². The van der Waals surface area contributed by atoms with E-state index >= 15 is 0 Å². The summed E-state index contributed by atoms with van der Waals surface area (Å²) in [6.45, 7) is 1.93. The van der Waals surface area contributed by atoms with Gasteiger partial charge in [0, 0.05) is 11.8 Å². The lowest BCUT2D eigenvalue weighted by Crippen LogP contribution is -2.31. The molecular formula is C29H32N2O7. The number of amides is 2. The minimum atomic E-state index is -0.863. The smallest absolute Gasteiger partial charge is 0.412 e. The number of aliphatic hydroxyl groups excluding tert-OH is 1. The van der Waals surface area contributed by atoms with Crippen molar-refractivity contribution in [2.24, 2.45) is 0 Å². The predicted molar refractivity (Wildman–Crippen MR) is 142 cm³/mol. The first kappa shape index (κ1) is 28.2. The Morgan fingerprint density at radius 1 is 0.974 bits per heavy atom. The molecule has 3 aromatic rings. The molecule has 0 aliphatic carbocycles. The maximum absolute atomic E-state index is 13.0. The number of carbonyl (C=O) groups excluding carboxylic acids is 2. The molecule has 9 heteroatoms. The van der Waals surface area contributed by atoms with Gasteiger partial charge in [0.25, 0.3) is 5.91 Å². The Labute approximate surface area is 221 Å². The maximum Gasteiger partial charge on any atom is 0.412 e. The van der Waals surface area contributed by atoms with Crippen LogP contribution in [0.15, 0.2) is 91.0 Å². The number of benzene rings is 3. The van der Waals surface area contributed by atoms with E-state index in [1.54, 1.807) is 60.1 Å². The van der Waals surface area contributed by atoms with Crippen molar-refractivity contribution >= 4 is 17.7 Å². The molecule has 0 aliphatic heterocycles. The van der Waals surface area contributed by atoms with Crippen LogP contribution in [0.25, 0.3) is 0 Å². The zero-order valence-corrected chi connectivity index (χ0v) is 21.1. The zero-order chi connectivity index (χ0) is 27.2. The highest BCUT2D eigenvalue weighted by atomic mass is 16.6. The Balaban J connectivity index is 1.90. The number of hydrogen-bond acceptors (Lipinski definition) is 7. The number of rotatable bonds is 13. The number of aliphatic hydroxyl groups is 1. The summed E-state index contributed by atoms with van der Waals surface area (Å²) < 4.78 is 17.8. The van der Waals surface area contributed by atoms with Crippen LogP contribution >= 0.6 is 0 Å². The van der Waals surface area contributed by atoms with E-state index in [0.29, 0.717) is 35.6 Å². The fourth-order valence-corrected chi connectivity index (χ4v) is 3.64. The highest BCUT2D eigenvalue weighted by molar-refractivity contribution is 5.86. The first-order valence-corrected chi connectivity index (χ1v) is 12.2. The standard InChI is InChI=1S/C29H32N2O7/c1-21-14-16-23(17-15-21)30-29(34)38-28(22-8-7-11-25(20-22)36-19-18-32)26(12-5-6-13-27(33)31-35)37-24-9-3-2-4-10-24/h2-4,6-11,13-17,20,26,28,32,35H,5,12,18-19H2,1H3,(H,30,34)(H,31,33)/b13-6+/t26-,28-/m1/s1. The monoisotopic (exact) mass is 520 g/mol. The van der Waals surface area contributed by atoms with Crippen LogP contribution in [-0.4, -0.2) is 41.6 Å². The van der Waals surface area contributed by atoms with Crippen molar-refractivity contribution in [3.05, 3.63) is 102 Å². The molecule has 0 aliphatic rings. The van der Waals surface area contributed by atoms with Gasteiger partial charge in [0.1, 0.15) is 24.2 Å². The maximum atomic E-state index is 13.0. The quantitative estimate of drug-likeness (QED) is 0.143. The van der Waals surface area contributed by atoms with Crippen LogP contribution in [0.5, 0.6) is 11.5 Å². The van der Waals surface area contributed by atoms with E-state index in [4.69, 9.17) is 24.5 Å². The Morgan fingerprint density at radius 2 is 1.71 bits per heavy atom. The van der Waals surface area contributed by atoms with Crippen molar-refractivity contribution in [2.45, 2.75) is 32.0 Å². The molecule has 38 heavy (non-hydrogen) atoms. The van der Waals surface area contributed by atoms with E-state index in [1.165, 1.54) is 6.08 Å². The summed E-state index contributed by atoms with van der Waals surface area (Å²) in [6.07, 6.45) is 1.38. The topological polar surface area (TPSA) is 126 Å². The Hall–Kier alpha value is -4.34. The number of nitrogens with one attached hydrogen (secondary N) is 2. The third-order valence-corrected chi connectivity index (χ3v) is 5.44. The number of allylic oxidation sites excluding steroid dienone is 1. The summed E-state index contributed by atoms with van der Waals surface area (Å²) in [7, 11) is 0. The zero-order valence-electron chi connectivity index (χ0n) is 21.1. The molecule has 0 saturated heterocycles. The number of anilines is 1. The number of carbonyl (C=O) groups is 2. The lowest BCUT2D eigenvalue weighted by molar-refractivity contribution is -0.124. The number of aryl methyl sites for hydroxylation is 1. The van der Waals surface area contributed by atoms with Gasteiger partial charge in [-0.05, 0) is 61.7 Å². The lowest BCUT2D eigenvalue weighted by Gasteiger charge is -2.28. The first-order chi connectivity index (χ1) is 18.5. The average molecular weight is 521 g/mol. The van der Waals surface area contributed by atoms with Gasteiger partial charge in [0.05, 0.1) is 6.61 Å². The third-order valence-electron chi connectivity index (χ3n) is 5.44. The second-order valence-electron chi connectivity index (χ2n) is 8.39. The highest BCUT2D eigenvalue weighted by Crippen LogP contribution is 2.31. The number of para-hydroxylation sites is 1. The molecule has 200 valence electrons. The summed E-state index contributed by atoms with van der Waals surface area (Å²) in [6, 6.07) is 23.5. The van der Waals surface area contributed by atoms with Crippen molar-refractivity contribution < 1.29 is 34.1 Å². The second-order valence-corrected chi connectivity index (χ2v) is 8.39. The number of ether oxygens (including phenoxy) is 3. The molecule has 9 nitrogen and oxygen atoms in total. The Kier molecular flexibility index (Phi) is 11.2. The number of hydroxylamine groups is 1. The van der Waals surface area contributed by atoms with Gasteiger partial charge < -0.3 is 19.3 Å². The third kappa shape index (κ3) is 9.27. The Bertz CT molecular complexity index is 1180. The molecule has 4 N–H and O–H groups in total. The van der Waals surface area contributed by atoms with E-state index in [2.05, 4.69) is 5.32 Å². The van der Waals surface area contributed by atoms with Crippen LogP contribution in [0, 0.1) is 6.92 Å². The van der Waals surface area contributed by atoms with E-state index in [-0.39, 0.29) is 13.2 Å². The van der Waals surface area contributed by atoms with Crippen molar-refractivity contribution in [3.8, 4) is 11.5 Å². The number of hydrogen-bond donors (Lipinski definition) is 4. The van der Waals surface area contributed by atoms with Crippen LogP contribution in [0.4, 0.5) is 10.5 Å². The summed E-state index contributed by atoms with van der Waals surface area (Å²) in [5, 5.41) is 20.6. The fraction of sp³-hybridized carbons (Fsp3) is 0.241. The molecule has 0 spiro atoms. The summed E-state index contributed by atoms with van der Waals surface area (Å²) >= 11 is 0. The molecular weight excluding hydrogens is 488 g/mol. The van der Waals surface area contributed by atoms with E-state index < -0.39 is 24.2 Å². The summed E-state index contributed by atoms with van der Waals surface area (Å²) in [4.78, 5) is 24.4. The van der Waals surface area contributed by atoms with Gasteiger partial charge in [-0.2, -0.15) is 0 Å². The minimum Gasteiger partial charge on any atom is -0.491 e. The first-order valence-electron chi connectivity index (χ1n) is 12.2. The summed E-state index contributed by atoms with van der Waals surface area (Å²) in [5.41, 5.74) is 3.81. The molecule has 2 amide bonds. The molecule has 0 unspecified atom stereocenters. The molecule has 0 saturated carbocycles. The average Bonchev–Trinajstić information content (AvgIpc) is 2.94. The molecule has 0 fully saturated rings. The molecule has 2 atom stereocenters. The van der Waals surface area contributed by atoms with Gasteiger partial charge in [-0.15, -0.1) is 0 Å². The SMILES string of the molecule is Cc1ccc(NC(=O)O[C@H](c2cccc(OCCO)c2)[C@@H](CC/C=C/C(=O)NO)Oc2ccccc2)cc1. The molecule has 0 aromatic heterocycles. The van der Waals surface area contributed by atoms with Gasteiger partial charge in [-0.3, -0.25) is 15.3 Å². The van der Waals surface area contributed by atoms with Crippen LogP contribution in [0.2, 0.25) is 0 Å². The van der Waals surface area contributed by atoms with Gasteiger partial charge in [-0.25, -0.2) is 10.3 Å². The van der Waals surface area contributed by atoms with Gasteiger partial charge in [0.2, 0.25) is 0 Å². The normalized spacial score (nSPS) is 12.4. The largest absolute Gasteiger partial charge is 0.491 e. The van der Waals surface area contributed by atoms with Gasteiger partial charge in [0.15, 0.2) is 6.10 Å². The molecule has 0 heterocycles. The van der Waals surface area contributed by atoms with Crippen molar-refractivity contribution in [1.29, 1.82) is 0 Å². The Morgan fingerprint density at radius 3 is 2.42 bits per heavy atom. The molecule has 3 rings (SSSR count). The van der Waals surface area contributed by atoms with Crippen LogP contribution in [0.1, 0.15) is 30.1 Å². The summed E-state index contributed by atoms with van der Waals surface area (Å²) in [5.74, 6) is 0.432. The van der Waals surface area contributed by atoms with Gasteiger partial charge >= 0.3 is 6.09 Å². The fourth-order valence-electron chi connectivity index (χ4n) is 3.64. The van der Waals surface area contributed by atoms with E-state index in [1.807, 2.05) is 37.3 Å². The molecule has 0 radical (unpaired) electrons. The molecule has 3 aromatic carbocycles. The molecule has 0 bridgehead atoms. The van der Waals surface area contributed by atoms with Gasteiger partial charge in [-0.1, -0.05) is 54.1 Å². The van der Waals surface area contributed by atoms with Crippen LogP contribution in [0.3, 0.4) is 0 Å². The van der Waals surface area contributed by atoms with Crippen LogP contribution in [-0.2, 0) is 9.53 Å². The second kappa shape index (κ2) is 15.0. The predicted octanol–water partition coefficient (Wildman–Crippen LogP) is 4.95. The van der Waals surface area contributed by atoms with Crippen molar-refractivity contribution in [2.75, 3.05) is 18.5 Å². The van der Waals surface area contributed by atoms with E-state index in [0.717, 1.165) is 5.56 Å².